The van der Waals surface area contributed by atoms with E-state index in [1.165, 1.54) is 12.1 Å². The fourth-order valence-corrected chi connectivity index (χ4v) is 1.96. The number of rotatable bonds is 5. The van der Waals surface area contributed by atoms with Crippen LogP contribution in [0.15, 0.2) is 54.6 Å². The van der Waals surface area contributed by atoms with Crippen molar-refractivity contribution in [3.05, 3.63) is 65.7 Å². The quantitative estimate of drug-likeness (QED) is 0.779. The van der Waals surface area contributed by atoms with Gasteiger partial charge in [-0.2, -0.15) is 0 Å². The molecule has 20 heavy (non-hydrogen) atoms. The number of nitrogens with one attached hydrogen (secondary N) is 1. The number of carbonyl (C=O) groups is 1. The second kappa shape index (κ2) is 6.73. The molecule has 2 rings (SSSR count). The van der Waals surface area contributed by atoms with Crippen LogP contribution in [0.2, 0.25) is 0 Å². The van der Waals surface area contributed by atoms with Gasteiger partial charge in [0.2, 0.25) is 0 Å². The summed E-state index contributed by atoms with van der Waals surface area (Å²) in [5.74, 6) is -0.125. The van der Waals surface area contributed by atoms with Crippen LogP contribution in [0.25, 0.3) is 0 Å². The molecule has 0 aliphatic carbocycles. The predicted molar refractivity (Wildman–Crippen MR) is 78.4 cm³/mol. The van der Waals surface area contributed by atoms with Gasteiger partial charge in [0.05, 0.1) is 0 Å². The molecule has 4 nitrogen and oxygen atoms in total. The maximum atomic E-state index is 11.9. The van der Waals surface area contributed by atoms with E-state index in [2.05, 4.69) is 5.32 Å². The first kappa shape index (κ1) is 14.1. The molecule has 104 valence electrons. The monoisotopic (exact) mass is 270 g/mol. The van der Waals surface area contributed by atoms with Crippen molar-refractivity contribution in [3.8, 4) is 5.75 Å². The lowest BCUT2D eigenvalue weighted by atomic mass is 10.1. The van der Waals surface area contributed by atoms with Crippen LogP contribution in [0, 0.1) is 0 Å². The van der Waals surface area contributed by atoms with Crippen LogP contribution in [-0.2, 0) is 0 Å². The molecule has 4 N–H and O–H groups in total. The Kier molecular flexibility index (Phi) is 4.74. The minimum absolute atomic E-state index is 0.0821. The molecular formula is C16H18N2O2. The maximum absolute atomic E-state index is 11.9. The maximum Gasteiger partial charge on any atom is 0.251 e. The van der Waals surface area contributed by atoms with Gasteiger partial charge < -0.3 is 16.2 Å². The van der Waals surface area contributed by atoms with Gasteiger partial charge >= 0.3 is 0 Å². The van der Waals surface area contributed by atoms with Crippen molar-refractivity contribution in [1.82, 2.24) is 5.32 Å². The molecule has 0 spiro atoms. The van der Waals surface area contributed by atoms with Crippen molar-refractivity contribution in [1.29, 1.82) is 0 Å². The van der Waals surface area contributed by atoms with E-state index in [4.69, 9.17) is 5.73 Å². The molecule has 0 aliphatic heterocycles. The predicted octanol–water partition coefficient (Wildman–Crippen LogP) is 2.21. The van der Waals surface area contributed by atoms with E-state index in [-0.39, 0.29) is 17.7 Å². The summed E-state index contributed by atoms with van der Waals surface area (Å²) in [5.41, 5.74) is 7.55. The Labute approximate surface area is 118 Å². The van der Waals surface area contributed by atoms with Crippen LogP contribution < -0.4 is 11.1 Å². The van der Waals surface area contributed by atoms with Gasteiger partial charge in [0.1, 0.15) is 5.75 Å². The highest BCUT2D eigenvalue weighted by atomic mass is 16.3. The molecule has 1 atom stereocenters. The number of carbonyl (C=O) groups excluding carboxylic acids is 1. The average Bonchev–Trinajstić information content (AvgIpc) is 2.48. The van der Waals surface area contributed by atoms with E-state index in [1.807, 2.05) is 30.3 Å². The number of benzene rings is 2. The topological polar surface area (TPSA) is 75.3 Å². The summed E-state index contributed by atoms with van der Waals surface area (Å²) < 4.78 is 0. The van der Waals surface area contributed by atoms with E-state index >= 15 is 0 Å². The van der Waals surface area contributed by atoms with Crippen molar-refractivity contribution < 1.29 is 9.90 Å². The smallest absolute Gasteiger partial charge is 0.251 e. The lowest BCUT2D eigenvalue weighted by molar-refractivity contribution is 0.0952. The number of phenolic OH excluding ortho intramolecular Hbond substituents is 1. The Morgan fingerprint density at radius 1 is 1.15 bits per heavy atom. The van der Waals surface area contributed by atoms with E-state index in [9.17, 15) is 9.90 Å². The van der Waals surface area contributed by atoms with Crippen LogP contribution in [0.4, 0.5) is 0 Å². The van der Waals surface area contributed by atoms with Crippen molar-refractivity contribution in [2.45, 2.75) is 12.5 Å². The van der Waals surface area contributed by atoms with Crippen LogP contribution in [0.1, 0.15) is 28.4 Å². The summed E-state index contributed by atoms with van der Waals surface area (Å²) in [6, 6.07) is 16.0. The molecule has 0 aromatic heterocycles. The third-order valence-electron chi connectivity index (χ3n) is 3.08. The highest BCUT2D eigenvalue weighted by molar-refractivity contribution is 5.94. The molecule has 0 aliphatic rings. The summed E-state index contributed by atoms with van der Waals surface area (Å²) in [4.78, 5) is 11.9. The van der Waals surface area contributed by atoms with Crippen LogP contribution >= 0.6 is 0 Å². The molecule has 1 unspecified atom stereocenters. The Morgan fingerprint density at radius 3 is 2.60 bits per heavy atom. The highest BCUT2D eigenvalue weighted by Crippen LogP contribution is 2.13. The van der Waals surface area contributed by atoms with Crippen molar-refractivity contribution >= 4 is 5.91 Å². The molecule has 1 amide bonds. The first-order valence-corrected chi connectivity index (χ1v) is 6.54. The molecule has 0 saturated heterocycles. The zero-order valence-electron chi connectivity index (χ0n) is 11.1. The van der Waals surface area contributed by atoms with Gasteiger partial charge in [-0.1, -0.05) is 36.4 Å². The minimum Gasteiger partial charge on any atom is -0.508 e. The zero-order chi connectivity index (χ0) is 14.4. The van der Waals surface area contributed by atoms with Gasteiger partial charge in [0, 0.05) is 18.2 Å². The Morgan fingerprint density at radius 2 is 1.90 bits per heavy atom. The van der Waals surface area contributed by atoms with E-state index in [0.717, 1.165) is 5.56 Å². The van der Waals surface area contributed by atoms with E-state index in [1.54, 1.807) is 12.1 Å². The lowest BCUT2D eigenvalue weighted by Gasteiger charge is -2.12. The molecule has 2 aromatic rings. The molecular weight excluding hydrogens is 252 g/mol. The van der Waals surface area contributed by atoms with Crippen LogP contribution in [0.3, 0.4) is 0 Å². The van der Waals surface area contributed by atoms with Gasteiger partial charge in [-0.15, -0.1) is 0 Å². The zero-order valence-corrected chi connectivity index (χ0v) is 11.1. The number of phenols is 1. The van der Waals surface area contributed by atoms with Crippen molar-refractivity contribution in [2.75, 3.05) is 6.54 Å². The summed E-state index contributed by atoms with van der Waals surface area (Å²) in [5, 5.41) is 12.1. The van der Waals surface area contributed by atoms with Crippen LogP contribution in [-0.4, -0.2) is 17.6 Å². The Hall–Kier alpha value is -2.33. The number of hydrogen-bond donors (Lipinski definition) is 3. The van der Waals surface area contributed by atoms with Gasteiger partial charge in [-0.05, 0) is 30.2 Å². The second-order valence-electron chi connectivity index (χ2n) is 4.61. The molecule has 0 bridgehead atoms. The normalized spacial score (nSPS) is 11.8. The molecule has 0 fully saturated rings. The summed E-state index contributed by atoms with van der Waals surface area (Å²) in [6.45, 7) is 0.491. The molecule has 2 aromatic carbocycles. The van der Waals surface area contributed by atoms with E-state index in [0.29, 0.717) is 18.5 Å². The first-order chi connectivity index (χ1) is 9.66. The number of hydrogen-bond acceptors (Lipinski definition) is 3. The summed E-state index contributed by atoms with van der Waals surface area (Å²) >= 11 is 0. The fourth-order valence-electron chi connectivity index (χ4n) is 1.96. The van der Waals surface area contributed by atoms with Gasteiger partial charge in [0.15, 0.2) is 0 Å². The van der Waals surface area contributed by atoms with Gasteiger partial charge in [-0.25, -0.2) is 0 Å². The molecule has 0 heterocycles. The SMILES string of the molecule is NC(CCNC(=O)c1cccc(O)c1)c1ccccc1. The van der Waals surface area contributed by atoms with Crippen molar-refractivity contribution in [2.24, 2.45) is 5.73 Å². The number of nitrogens with two attached hydrogens (primary N) is 1. The fraction of sp³-hybridized carbons (Fsp3) is 0.188. The Balaban J connectivity index is 1.83. The molecule has 0 radical (unpaired) electrons. The minimum atomic E-state index is -0.207. The van der Waals surface area contributed by atoms with Crippen LogP contribution in [0.5, 0.6) is 5.75 Å². The van der Waals surface area contributed by atoms with Gasteiger partial charge in [0.25, 0.3) is 5.91 Å². The standard InChI is InChI=1S/C16H18N2O2/c17-15(12-5-2-1-3-6-12)9-10-18-16(20)13-7-4-8-14(19)11-13/h1-8,11,15,19H,9-10,17H2,(H,18,20). The average molecular weight is 270 g/mol. The lowest BCUT2D eigenvalue weighted by Crippen LogP contribution is -2.27. The second-order valence-corrected chi connectivity index (χ2v) is 4.61. The molecule has 0 saturated carbocycles. The Bertz CT molecular complexity index is 570. The molecule has 4 heteroatoms. The van der Waals surface area contributed by atoms with Crippen molar-refractivity contribution in [3.63, 3.8) is 0 Å². The summed E-state index contributed by atoms with van der Waals surface area (Å²) in [6.07, 6.45) is 0.661. The first-order valence-electron chi connectivity index (χ1n) is 6.54. The third-order valence-corrected chi connectivity index (χ3v) is 3.08. The number of aromatic hydroxyl groups is 1. The third kappa shape index (κ3) is 3.83. The number of amides is 1. The summed E-state index contributed by atoms with van der Waals surface area (Å²) in [7, 11) is 0. The van der Waals surface area contributed by atoms with E-state index < -0.39 is 0 Å². The highest BCUT2D eigenvalue weighted by Gasteiger charge is 2.08. The van der Waals surface area contributed by atoms with Gasteiger partial charge in [-0.3, -0.25) is 4.79 Å². The largest absolute Gasteiger partial charge is 0.508 e.